The van der Waals surface area contributed by atoms with E-state index in [2.05, 4.69) is 38.2 Å². The summed E-state index contributed by atoms with van der Waals surface area (Å²) in [5.74, 6) is 0.767. The molecule has 4 nitrogen and oxygen atoms in total. The second-order valence-electron chi connectivity index (χ2n) is 5.97. The molecule has 0 saturated heterocycles. The molecule has 4 heteroatoms. The van der Waals surface area contributed by atoms with Gasteiger partial charge >= 0.3 is 0 Å². The van der Waals surface area contributed by atoms with Crippen LogP contribution in [0.2, 0.25) is 0 Å². The van der Waals surface area contributed by atoms with Crippen LogP contribution in [0.5, 0.6) is 0 Å². The molecular weight excluding hydrogens is 216 g/mol. The Kier molecular flexibility index (Phi) is 5.86. The molecule has 1 fully saturated rings. The lowest BCUT2D eigenvalue weighted by Crippen LogP contribution is -2.48. The number of aliphatic hydroxyl groups is 1. The zero-order valence-corrected chi connectivity index (χ0v) is 11.7. The highest BCUT2D eigenvalue weighted by Gasteiger charge is 2.22. The number of likely N-dealkylation sites (N-methyl/N-ethyl adjacent to an activating group) is 1. The van der Waals surface area contributed by atoms with Gasteiger partial charge < -0.3 is 20.1 Å². The van der Waals surface area contributed by atoms with Crippen LogP contribution in [0.3, 0.4) is 0 Å². The largest absolute Gasteiger partial charge is 0.389 e. The molecule has 1 aliphatic carbocycles. The maximum absolute atomic E-state index is 9.72. The molecule has 0 aliphatic heterocycles. The van der Waals surface area contributed by atoms with Gasteiger partial charge in [-0.1, -0.05) is 0 Å². The summed E-state index contributed by atoms with van der Waals surface area (Å²) in [5, 5.41) is 13.0. The van der Waals surface area contributed by atoms with Gasteiger partial charge in [0.25, 0.3) is 0 Å². The zero-order valence-electron chi connectivity index (χ0n) is 11.7. The molecule has 1 aliphatic rings. The van der Waals surface area contributed by atoms with E-state index in [1.165, 1.54) is 12.8 Å². The highest BCUT2D eigenvalue weighted by molar-refractivity contribution is 4.80. The molecule has 1 saturated carbocycles. The number of aliphatic hydroxyl groups excluding tert-OH is 1. The third kappa shape index (κ3) is 6.36. The summed E-state index contributed by atoms with van der Waals surface area (Å²) in [4.78, 5) is 2.18. The third-order valence-corrected chi connectivity index (χ3v) is 3.51. The molecule has 0 radical (unpaired) electrons. The molecule has 1 rings (SSSR count). The van der Waals surface area contributed by atoms with Crippen molar-refractivity contribution in [2.24, 2.45) is 5.92 Å². The summed E-state index contributed by atoms with van der Waals surface area (Å²) >= 11 is 0. The van der Waals surface area contributed by atoms with Crippen LogP contribution in [-0.2, 0) is 4.74 Å². The van der Waals surface area contributed by atoms with Crippen LogP contribution in [0.15, 0.2) is 0 Å². The number of hydrogen-bond acceptors (Lipinski definition) is 4. The molecule has 2 N–H and O–H groups in total. The molecule has 0 aromatic heterocycles. The van der Waals surface area contributed by atoms with E-state index >= 15 is 0 Å². The average molecular weight is 244 g/mol. The fourth-order valence-electron chi connectivity index (χ4n) is 1.42. The van der Waals surface area contributed by atoms with Crippen molar-refractivity contribution in [2.75, 3.05) is 40.4 Å². The second kappa shape index (κ2) is 6.69. The third-order valence-electron chi connectivity index (χ3n) is 3.51. The summed E-state index contributed by atoms with van der Waals surface area (Å²) in [7, 11) is 4.13. The number of rotatable bonds is 9. The van der Waals surface area contributed by atoms with E-state index in [1.807, 2.05) is 0 Å². The zero-order chi connectivity index (χ0) is 12.9. The number of nitrogens with zero attached hydrogens (tertiary/aromatic N) is 1. The fraction of sp³-hybridized carbons (Fsp3) is 1.00. The first-order valence-corrected chi connectivity index (χ1v) is 6.56. The Morgan fingerprint density at radius 1 is 1.41 bits per heavy atom. The van der Waals surface area contributed by atoms with Crippen LogP contribution in [0, 0.1) is 5.92 Å². The first kappa shape index (κ1) is 14.9. The fourth-order valence-corrected chi connectivity index (χ4v) is 1.42. The van der Waals surface area contributed by atoms with Gasteiger partial charge in [0.15, 0.2) is 0 Å². The van der Waals surface area contributed by atoms with E-state index < -0.39 is 6.10 Å². The Morgan fingerprint density at radius 3 is 2.59 bits per heavy atom. The maximum Gasteiger partial charge on any atom is 0.0897 e. The van der Waals surface area contributed by atoms with Gasteiger partial charge in [-0.15, -0.1) is 0 Å². The maximum atomic E-state index is 9.72. The Morgan fingerprint density at radius 2 is 2.06 bits per heavy atom. The lowest BCUT2D eigenvalue weighted by Gasteiger charge is -2.33. The summed E-state index contributed by atoms with van der Waals surface area (Å²) < 4.78 is 5.45. The van der Waals surface area contributed by atoms with Crippen molar-refractivity contribution in [3.05, 3.63) is 0 Å². The first-order chi connectivity index (χ1) is 7.92. The van der Waals surface area contributed by atoms with Crippen molar-refractivity contribution in [1.29, 1.82) is 0 Å². The predicted octanol–water partition coefficient (Wildman–Crippen LogP) is 0.704. The molecule has 0 spiro atoms. The van der Waals surface area contributed by atoms with Crippen molar-refractivity contribution in [2.45, 2.75) is 38.3 Å². The Bertz CT molecular complexity index is 215. The topological polar surface area (TPSA) is 44.7 Å². The molecule has 1 unspecified atom stereocenters. The highest BCUT2D eigenvalue weighted by atomic mass is 16.5. The highest BCUT2D eigenvalue weighted by Crippen LogP contribution is 2.28. The normalized spacial score (nSPS) is 18.7. The summed E-state index contributed by atoms with van der Waals surface area (Å²) in [6.45, 7) is 7.08. The van der Waals surface area contributed by atoms with Gasteiger partial charge in [0.05, 0.1) is 12.7 Å². The van der Waals surface area contributed by atoms with E-state index in [-0.39, 0.29) is 5.54 Å². The first-order valence-electron chi connectivity index (χ1n) is 6.56. The SMILES string of the molecule is CN(C)C(C)(C)CNCC(O)COCC1CC1. The predicted molar refractivity (Wildman–Crippen MR) is 70.2 cm³/mol. The van der Waals surface area contributed by atoms with Crippen molar-refractivity contribution < 1.29 is 9.84 Å². The molecule has 0 amide bonds. The standard InChI is InChI=1S/C13H28N2O2/c1-13(2,15(3)4)10-14-7-12(16)9-17-8-11-5-6-11/h11-12,14,16H,5-10H2,1-4H3. The Hall–Kier alpha value is -0.160. The van der Waals surface area contributed by atoms with Gasteiger partial charge in [-0.25, -0.2) is 0 Å². The van der Waals surface area contributed by atoms with Gasteiger partial charge in [-0.05, 0) is 46.7 Å². The van der Waals surface area contributed by atoms with Crippen molar-refractivity contribution in [3.8, 4) is 0 Å². The minimum Gasteiger partial charge on any atom is -0.389 e. The van der Waals surface area contributed by atoms with Gasteiger partial charge in [0.1, 0.15) is 0 Å². The van der Waals surface area contributed by atoms with Gasteiger partial charge in [0, 0.05) is 25.2 Å². The molecule has 17 heavy (non-hydrogen) atoms. The van der Waals surface area contributed by atoms with E-state index in [9.17, 15) is 5.11 Å². The number of ether oxygens (including phenoxy) is 1. The molecule has 0 heterocycles. The minimum atomic E-state index is -0.397. The van der Waals surface area contributed by atoms with Gasteiger partial charge in [0.2, 0.25) is 0 Å². The number of nitrogens with one attached hydrogen (secondary N) is 1. The molecule has 0 bridgehead atoms. The van der Waals surface area contributed by atoms with Gasteiger partial charge in [-0.3, -0.25) is 0 Å². The van der Waals surface area contributed by atoms with Crippen LogP contribution in [-0.4, -0.2) is 62.0 Å². The van der Waals surface area contributed by atoms with Crippen LogP contribution in [0.4, 0.5) is 0 Å². The van der Waals surface area contributed by atoms with Gasteiger partial charge in [-0.2, -0.15) is 0 Å². The van der Waals surface area contributed by atoms with E-state index in [1.54, 1.807) is 0 Å². The number of hydrogen-bond donors (Lipinski definition) is 2. The monoisotopic (exact) mass is 244 g/mol. The van der Waals surface area contributed by atoms with Crippen LogP contribution >= 0.6 is 0 Å². The van der Waals surface area contributed by atoms with Crippen molar-refractivity contribution in [1.82, 2.24) is 10.2 Å². The minimum absolute atomic E-state index is 0.106. The second-order valence-corrected chi connectivity index (χ2v) is 5.97. The quantitative estimate of drug-likeness (QED) is 0.627. The molecule has 0 aromatic rings. The van der Waals surface area contributed by atoms with Crippen LogP contribution in [0.25, 0.3) is 0 Å². The lowest BCUT2D eigenvalue weighted by atomic mass is 10.0. The van der Waals surface area contributed by atoms with E-state index in [4.69, 9.17) is 4.74 Å². The smallest absolute Gasteiger partial charge is 0.0897 e. The Labute approximate surface area is 105 Å². The Balaban J connectivity index is 2.00. The summed E-state index contributed by atoms with van der Waals surface area (Å²) in [6, 6.07) is 0. The van der Waals surface area contributed by atoms with Crippen LogP contribution < -0.4 is 5.32 Å². The van der Waals surface area contributed by atoms with E-state index in [0.29, 0.717) is 13.2 Å². The van der Waals surface area contributed by atoms with Crippen molar-refractivity contribution >= 4 is 0 Å². The van der Waals surface area contributed by atoms with E-state index in [0.717, 1.165) is 19.1 Å². The average Bonchev–Trinajstić information content (AvgIpc) is 3.01. The van der Waals surface area contributed by atoms with Crippen LogP contribution in [0.1, 0.15) is 26.7 Å². The molecule has 1 atom stereocenters. The lowest BCUT2D eigenvalue weighted by molar-refractivity contribution is 0.0309. The summed E-state index contributed by atoms with van der Waals surface area (Å²) in [6.07, 6.45) is 2.20. The summed E-state index contributed by atoms with van der Waals surface area (Å²) in [5.41, 5.74) is 0.106. The molecule has 0 aromatic carbocycles. The molecule has 102 valence electrons. The molecular formula is C13H28N2O2. The van der Waals surface area contributed by atoms with Crippen molar-refractivity contribution in [3.63, 3.8) is 0 Å².